The van der Waals surface area contributed by atoms with E-state index in [-0.39, 0.29) is 11.6 Å². The molecule has 1 aliphatic carbocycles. The highest BCUT2D eigenvalue weighted by atomic mass is 35.5. The van der Waals surface area contributed by atoms with E-state index in [0.29, 0.717) is 10.6 Å². The molecule has 1 saturated carbocycles. The summed E-state index contributed by atoms with van der Waals surface area (Å²) >= 11 is 7.67. The highest BCUT2D eigenvalue weighted by Gasteiger charge is 2.23. The van der Waals surface area contributed by atoms with Crippen molar-refractivity contribution in [3.8, 4) is 10.6 Å². The Labute approximate surface area is 176 Å². The Morgan fingerprint density at radius 1 is 1.34 bits per heavy atom. The first-order valence-corrected chi connectivity index (χ1v) is 10.8. The Kier molecular flexibility index (Phi) is 4.64. The summed E-state index contributed by atoms with van der Waals surface area (Å²) in [5, 5.41) is 5.68. The summed E-state index contributed by atoms with van der Waals surface area (Å²) < 4.78 is 2.20. The quantitative estimate of drug-likeness (QED) is 0.451. The average Bonchev–Trinajstić information content (AvgIpc) is 3.19. The second kappa shape index (κ2) is 7.31. The van der Waals surface area contributed by atoms with Gasteiger partial charge in [-0.2, -0.15) is 0 Å². The van der Waals surface area contributed by atoms with E-state index in [9.17, 15) is 4.79 Å². The number of imidazole rings is 1. The average molecular weight is 426 g/mol. The maximum absolute atomic E-state index is 12.5. The van der Waals surface area contributed by atoms with Gasteiger partial charge in [0.25, 0.3) is 5.56 Å². The third-order valence-corrected chi connectivity index (χ3v) is 6.45. The standard InChI is InChI=1S/C21H20ClN5OS/c1-12(16-7-14-6-15(22)4-5-17(14)26-20(16)28)25-21-24-9-19(29-21)18-8-23-11-27(18)10-13-2-3-13/h4-9,11-13H,2-3,10H2,1H3,(H,24,25)(H,26,28)/t12-/m0/s1. The number of H-pyrrole nitrogens is 1. The lowest BCUT2D eigenvalue weighted by Crippen LogP contribution is -2.19. The first-order chi connectivity index (χ1) is 14.1. The van der Waals surface area contributed by atoms with Crippen LogP contribution >= 0.6 is 22.9 Å². The van der Waals surface area contributed by atoms with Crippen LogP contribution in [-0.4, -0.2) is 19.5 Å². The number of hydrogen-bond donors (Lipinski definition) is 2. The molecule has 8 heteroatoms. The van der Waals surface area contributed by atoms with Crippen LogP contribution in [0.15, 0.2) is 47.8 Å². The summed E-state index contributed by atoms with van der Waals surface area (Å²) in [6, 6.07) is 7.13. The summed E-state index contributed by atoms with van der Waals surface area (Å²) in [6.45, 7) is 2.97. The topological polar surface area (TPSA) is 75.6 Å². The zero-order valence-electron chi connectivity index (χ0n) is 15.9. The van der Waals surface area contributed by atoms with Gasteiger partial charge in [-0.25, -0.2) is 9.97 Å². The number of aromatic amines is 1. The molecule has 6 nitrogen and oxygen atoms in total. The number of aromatic nitrogens is 4. The summed E-state index contributed by atoms with van der Waals surface area (Å²) in [6.07, 6.45) is 8.25. The highest BCUT2D eigenvalue weighted by molar-refractivity contribution is 7.18. The van der Waals surface area contributed by atoms with Crippen molar-refractivity contribution in [1.82, 2.24) is 19.5 Å². The molecule has 0 unspecified atom stereocenters. The lowest BCUT2D eigenvalue weighted by Gasteiger charge is -2.13. The Morgan fingerprint density at radius 3 is 3.03 bits per heavy atom. The van der Waals surface area contributed by atoms with Crippen molar-refractivity contribution in [1.29, 1.82) is 0 Å². The van der Waals surface area contributed by atoms with Crippen molar-refractivity contribution >= 4 is 39.0 Å². The molecule has 1 aliphatic rings. The van der Waals surface area contributed by atoms with E-state index in [2.05, 4.69) is 24.8 Å². The number of halogens is 1. The predicted molar refractivity (Wildman–Crippen MR) is 118 cm³/mol. The number of hydrogen-bond acceptors (Lipinski definition) is 5. The molecule has 1 aromatic carbocycles. The van der Waals surface area contributed by atoms with Gasteiger partial charge >= 0.3 is 0 Å². The fraction of sp³-hybridized carbons (Fsp3) is 0.286. The Bertz CT molecular complexity index is 1240. The molecular formula is C21H20ClN5OS. The maximum atomic E-state index is 12.5. The van der Waals surface area contributed by atoms with Crippen molar-refractivity contribution in [2.24, 2.45) is 5.92 Å². The number of nitrogens with one attached hydrogen (secondary N) is 2. The number of rotatable bonds is 6. The third-order valence-electron chi connectivity index (χ3n) is 5.26. The predicted octanol–water partition coefficient (Wildman–Crippen LogP) is 5.08. The number of nitrogens with zero attached hydrogens (tertiary/aromatic N) is 3. The molecule has 4 aromatic rings. The van der Waals surface area contributed by atoms with Gasteiger partial charge in [-0.15, -0.1) is 0 Å². The zero-order chi connectivity index (χ0) is 20.0. The molecular weight excluding hydrogens is 406 g/mol. The second-order valence-electron chi connectivity index (χ2n) is 7.56. The van der Waals surface area contributed by atoms with E-state index in [0.717, 1.165) is 39.1 Å². The van der Waals surface area contributed by atoms with Crippen molar-refractivity contribution < 1.29 is 0 Å². The van der Waals surface area contributed by atoms with E-state index in [1.165, 1.54) is 12.8 Å². The molecule has 1 fully saturated rings. The van der Waals surface area contributed by atoms with Crippen LogP contribution in [0.1, 0.15) is 31.4 Å². The van der Waals surface area contributed by atoms with Crippen LogP contribution in [0.5, 0.6) is 0 Å². The van der Waals surface area contributed by atoms with Crippen molar-refractivity contribution in [3.63, 3.8) is 0 Å². The van der Waals surface area contributed by atoms with Crippen molar-refractivity contribution in [2.45, 2.75) is 32.4 Å². The van der Waals surface area contributed by atoms with Gasteiger partial charge < -0.3 is 14.9 Å². The molecule has 0 bridgehead atoms. The highest BCUT2D eigenvalue weighted by Crippen LogP contribution is 2.35. The van der Waals surface area contributed by atoms with E-state index in [4.69, 9.17) is 11.6 Å². The van der Waals surface area contributed by atoms with Gasteiger partial charge in [0.15, 0.2) is 5.13 Å². The van der Waals surface area contributed by atoms with Gasteiger partial charge in [-0.1, -0.05) is 22.9 Å². The Balaban J connectivity index is 1.38. The van der Waals surface area contributed by atoms with Crippen LogP contribution < -0.4 is 10.9 Å². The van der Waals surface area contributed by atoms with E-state index in [1.54, 1.807) is 17.4 Å². The van der Waals surface area contributed by atoms with Crippen LogP contribution in [0, 0.1) is 5.92 Å². The first kappa shape index (κ1) is 18.4. The molecule has 0 spiro atoms. The molecule has 3 heterocycles. The fourth-order valence-corrected chi connectivity index (χ4v) is 4.60. The van der Waals surface area contributed by atoms with Gasteiger partial charge in [-0.05, 0) is 49.9 Å². The summed E-state index contributed by atoms with van der Waals surface area (Å²) in [4.78, 5) is 25.4. The molecule has 0 aliphatic heterocycles. The fourth-order valence-electron chi connectivity index (χ4n) is 3.49. The molecule has 2 N–H and O–H groups in total. The molecule has 148 valence electrons. The van der Waals surface area contributed by atoms with Crippen LogP contribution in [-0.2, 0) is 6.54 Å². The summed E-state index contributed by atoms with van der Waals surface area (Å²) in [5.41, 5.74) is 2.40. The van der Waals surface area contributed by atoms with Crippen LogP contribution in [0.25, 0.3) is 21.5 Å². The minimum Gasteiger partial charge on any atom is -0.355 e. The monoisotopic (exact) mass is 425 g/mol. The molecule has 5 rings (SSSR count). The van der Waals surface area contributed by atoms with E-state index in [1.807, 2.05) is 43.8 Å². The van der Waals surface area contributed by atoms with Gasteiger partial charge in [0.1, 0.15) is 0 Å². The zero-order valence-corrected chi connectivity index (χ0v) is 17.4. The van der Waals surface area contributed by atoms with E-state index >= 15 is 0 Å². The Morgan fingerprint density at radius 2 is 2.21 bits per heavy atom. The van der Waals surface area contributed by atoms with Crippen LogP contribution in [0.3, 0.4) is 0 Å². The van der Waals surface area contributed by atoms with Gasteiger partial charge in [0, 0.05) is 34.2 Å². The van der Waals surface area contributed by atoms with Crippen LogP contribution in [0.2, 0.25) is 5.02 Å². The van der Waals surface area contributed by atoms with Gasteiger partial charge in [0.2, 0.25) is 0 Å². The Hall–Kier alpha value is -2.64. The van der Waals surface area contributed by atoms with Gasteiger partial charge in [-0.3, -0.25) is 4.79 Å². The summed E-state index contributed by atoms with van der Waals surface area (Å²) in [5.74, 6) is 0.779. The number of fused-ring (bicyclic) bond motifs is 1. The lowest BCUT2D eigenvalue weighted by molar-refractivity contribution is 0.632. The lowest BCUT2D eigenvalue weighted by atomic mass is 10.1. The largest absolute Gasteiger partial charge is 0.355 e. The summed E-state index contributed by atoms with van der Waals surface area (Å²) in [7, 11) is 0. The first-order valence-electron chi connectivity index (χ1n) is 9.62. The van der Waals surface area contributed by atoms with Crippen molar-refractivity contribution in [2.75, 3.05) is 5.32 Å². The molecule has 3 aromatic heterocycles. The number of thiazole rings is 1. The molecule has 0 saturated heterocycles. The number of benzene rings is 1. The second-order valence-corrected chi connectivity index (χ2v) is 9.02. The SMILES string of the molecule is C[C@H](Nc1ncc(-c2cncn2CC2CC2)s1)c1cc2cc(Cl)ccc2[nH]c1=O. The van der Waals surface area contributed by atoms with Crippen molar-refractivity contribution in [3.05, 3.63) is 63.9 Å². The third kappa shape index (κ3) is 3.80. The normalized spacial score (nSPS) is 15.0. The number of anilines is 1. The maximum Gasteiger partial charge on any atom is 0.253 e. The molecule has 29 heavy (non-hydrogen) atoms. The van der Waals surface area contributed by atoms with Gasteiger partial charge in [0.05, 0.1) is 29.1 Å². The number of pyridine rings is 1. The molecule has 0 radical (unpaired) electrons. The molecule has 0 amide bonds. The minimum absolute atomic E-state index is 0.112. The molecule has 1 atom stereocenters. The smallest absolute Gasteiger partial charge is 0.253 e. The minimum atomic E-state index is -0.197. The van der Waals surface area contributed by atoms with Crippen LogP contribution in [0.4, 0.5) is 5.13 Å². The van der Waals surface area contributed by atoms with E-state index < -0.39 is 0 Å².